The van der Waals surface area contributed by atoms with Gasteiger partial charge in [-0.25, -0.2) is 0 Å². The monoisotopic (exact) mass is 412 g/mol. The third-order valence-corrected chi connectivity index (χ3v) is 5.48. The molecule has 2 atom stereocenters. The zero-order valence-corrected chi connectivity index (χ0v) is 14.5. The van der Waals surface area contributed by atoms with Gasteiger partial charge in [-0.3, -0.25) is 0 Å². The third-order valence-electron chi connectivity index (χ3n) is 3.60. The Morgan fingerprint density at radius 3 is 2.67 bits per heavy atom. The Hall–Kier alpha value is -1.04. The molecule has 2 aromatic carbocycles. The summed E-state index contributed by atoms with van der Waals surface area (Å²) < 4.78 is 13.2. The maximum absolute atomic E-state index is 10.3. The van der Waals surface area contributed by atoms with Gasteiger partial charge in [-0.1, -0.05) is 6.07 Å². The van der Waals surface area contributed by atoms with E-state index in [2.05, 4.69) is 31.9 Å². The van der Waals surface area contributed by atoms with E-state index in [4.69, 9.17) is 9.47 Å². The van der Waals surface area contributed by atoms with E-state index in [0.29, 0.717) is 12.2 Å². The number of halogens is 2. The summed E-state index contributed by atoms with van der Waals surface area (Å²) in [7, 11) is 1.62. The number of benzene rings is 2. The molecule has 0 aromatic heterocycles. The summed E-state index contributed by atoms with van der Waals surface area (Å²) in [5.41, 5.74) is 1.83. The van der Waals surface area contributed by atoms with Crippen LogP contribution >= 0.6 is 31.9 Å². The van der Waals surface area contributed by atoms with Crippen LogP contribution in [0.25, 0.3) is 0 Å². The first kappa shape index (κ1) is 14.9. The predicted molar refractivity (Wildman–Crippen MR) is 87.8 cm³/mol. The summed E-state index contributed by atoms with van der Waals surface area (Å²) >= 11 is 6.95. The molecule has 3 nitrogen and oxygen atoms in total. The lowest BCUT2D eigenvalue weighted by molar-refractivity contribution is 0.0654. The number of ether oxygens (including phenoxy) is 2. The second-order valence-corrected chi connectivity index (χ2v) is 6.64. The lowest BCUT2D eigenvalue weighted by Crippen LogP contribution is -2.19. The van der Waals surface area contributed by atoms with Crippen LogP contribution in [0.3, 0.4) is 0 Å². The Bertz CT molecular complexity index is 673. The van der Waals surface area contributed by atoms with Crippen LogP contribution in [0.1, 0.15) is 29.8 Å². The summed E-state index contributed by atoms with van der Waals surface area (Å²) in [6.45, 7) is 0. The number of hydrogen-bond donors (Lipinski definition) is 1. The first-order valence-corrected chi connectivity index (χ1v) is 8.14. The smallest absolute Gasteiger partial charge is 0.129 e. The number of rotatable bonds is 2. The first-order valence-electron chi connectivity index (χ1n) is 6.56. The van der Waals surface area contributed by atoms with E-state index in [1.165, 1.54) is 0 Å². The first-order chi connectivity index (χ1) is 10.1. The van der Waals surface area contributed by atoms with Gasteiger partial charge in [0.05, 0.1) is 13.2 Å². The maximum Gasteiger partial charge on any atom is 0.129 e. The van der Waals surface area contributed by atoms with Gasteiger partial charge in [0.15, 0.2) is 0 Å². The molecule has 21 heavy (non-hydrogen) atoms. The van der Waals surface area contributed by atoms with E-state index in [-0.39, 0.29) is 6.10 Å². The summed E-state index contributed by atoms with van der Waals surface area (Å²) in [5, 5.41) is 10.3. The standard InChI is InChI=1S/C16H14Br2O3/c1-20-10-3-4-11-14(19)8-15(21-16(11)7-10)9-2-5-12(17)13(18)6-9/h2-7,14-15,19H,8H2,1H3/t14-,15?/m0/s1. The van der Waals surface area contributed by atoms with Crippen LogP contribution in [0.15, 0.2) is 45.3 Å². The molecule has 0 bridgehead atoms. The van der Waals surface area contributed by atoms with Gasteiger partial charge < -0.3 is 14.6 Å². The molecule has 0 fully saturated rings. The average molecular weight is 414 g/mol. The van der Waals surface area contributed by atoms with Crippen molar-refractivity contribution in [2.45, 2.75) is 18.6 Å². The Morgan fingerprint density at radius 1 is 1.14 bits per heavy atom. The molecule has 0 amide bonds. The van der Waals surface area contributed by atoms with Crippen LogP contribution in [-0.2, 0) is 0 Å². The largest absolute Gasteiger partial charge is 0.497 e. The molecule has 1 unspecified atom stereocenters. The number of fused-ring (bicyclic) bond motifs is 1. The maximum atomic E-state index is 10.3. The van der Waals surface area contributed by atoms with Gasteiger partial charge >= 0.3 is 0 Å². The van der Waals surface area contributed by atoms with Crippen LogP contribution in [0.2, 0.25) is 0 Å². The highest BCUT2D eigenvalue weighted by Gasteiger charge is 2.28. The molecule has 0 spiro atoms. The fourth-order valence-corrected chi connectivity index (χ4v) is 3.11. The average Bonchev–Trinajstić information content (AvgIpc) is 2.49. The topological polar surface area (TPSA) is 38.7 Å². The highest BCUT2D eigenvalue weighted by Crippen LogP contribution is 2.43. The van der Waals surface area contributed by atoms with Crippen molar-refractivity contribution >= 4 is 31.9 Å². The molecule has 5 heteroatoms. The molecule has 1 N–H and O–H groups in total. The molecular weight excluding hydrogens is 400 g/mol. The zero-order chi connectivity index (χ0) is 15.0. The fraction of sp³-hybridized carbons (Fsp3) is 0.250. The van der Waals surface area contributed by atoms with Crippen LogP contribution in [0, 0.1) is 0 Å². The van der Waals surface area contributed by atoms with Gasteiger partial charge in [0.25, 0.3) is 0 Å². The minimum atomic E-state index is -0.535. The van der Waals surface area contributed by atoms with Crippen molar-refractivity contribution in [2.75, 3.05) is 7.11 Å². The van der Waals surface area contributed by atoms with Crippen molar-refractivity contribution in [3.05, 3.63) is 56.5 Å². The van der Waals surface area contributed by atoms with E-state index in [1.807, 2.05) is 36.4 Å². The SMILES string of the molecule is COc1ccc2c(c1)OC(c1ccc(Br)c(Br)c1)C[C@@H]2O. The van der Waals surface area contributed by atoms with Crippen molar-refractivity contribution in [3.63, 3.8) is 0 Å². The van der Waals surface area contributed by atoms with Crippen LogP contribution in [0.4, 0.5) is 0 Å². The molecular formula is C16H14Br2O3. The highest BCUT2D eigenvalue weighted by molar-refractivity contribution is 9.13. The Balaban J connectivity index is 1.94. The fourth-order valence-electron chi connectivity index (χ4n) is 2.47. The van der Waals surface area contributed by atoms with Crippen LogP contribution in [0.5, 0.6) is 11.5 Å². The molecule has 3 rings (SSSR count). The van der Waals surface area contributed by atoms with Gasteiger partial charge in [0.2, 0.25) is 0 Å². The lowest BCUT2D eigenvalue weighted by Gasteiger charge is -2.30. The molecule has 0 radical (unpaired) electrons. The summed E-state index contributed by atoms with van der Waals surface area (Å²) in [4.78, 5) is 0. The van der Waals surface area contributed by atoms with E-state index in [0.717, 1.165) is 25.8 Å². The quantitative estimate of drug-likeness (QED) is 0.769. The van der Waals surface area contributed by atoms with Crippen LogP contribution in [-0.4, -0.2) is 12.2 Å². The molecule has 0 saturated heterocycles. The molecule has 0 aliphatic carbocycles. The Kier molecular flexibility index (Phi) is 4.24. The Morgan fingerprint density at radius 2 is 1.95 bits per heavy atom. The Labute approximate surface area is 140 Å². The second kappa shape index (κ2) is 5.99. The lowest BCUT2D eigenvalue weighted by atomic mass is 9.95. The number of aliphatic hydroxyl groups excluding tert-OH is 1. The van der Waals surface area contributed by atoms with Crippen molar-refractivity contribution < 1.29 is 14.6 Å². The summed E-state index contributed by atoms with van der Waals surface area (Å²) in [6.07, 6.45) is -0.177. The van der Waals surface area contributed by atoms with Crippen LogP contribution < -0.4 is 9.47 Å². The van der Waals surface area contributed by atoms with E-state index < -0.39 is 6.10 Å². The van der Waals surface area contributed by atoms with E-state index in [1.54, 1.807) is 7.11 Å². The van der Waals surface area contributed by atoms with Gasteiger partial charge in [-0.05, 0) is 61.7 Å². The minimum absolute atomic E-state index is 0.177. The highest BCUT2D eigenvalue weighted by atomic mass is 79.9. The van der Waals surface area contributed by atoms with Gasteiger partial charge in [0, 0.05) is 27.0 Å². The minimum Gasteiger partial charge on any atom is -0.497 e. The molecule has 0 saturated carbocycles. The van der Waals surface area contributed by atoms with Crippen molar-refractivity contribution in [1.29, 1.82) is 0 Å². The van der Waals surface area contributed by atoms with E-state index >= 15 is 0 Å². The number of hydrogen-bond acceptors (Lipinski definition) is 3. The number of methoxy groups -OCH3 is 1. The molecule has 1 heterocycles. The molecule has 1 aliphatic rings. The summed E-state index contributed by atoms with van der Waals surface area (Å²) in [5.74, 6) is 1.40. The molecule has 2 aromatic rings. The van der Waals surface area contributed by atoms with Crippen molar-refractivity contribution in [3.8, 4) is 11.5 Å². The zero-order valence-electron chi connectivity index (χ0n) is 11.3. The number of aliphatic hydroxyl groups is 1. The van der Waals surface area contributed by atoms with Gasteiger partial charge in [-0.2, -0.15) is 0 Å². The summed E-state index contributed by atoms with van der Waals surface area (Å²) in [6, 6.07) is 11.5. The predicted octanol–water partition coefficient (Wildman–Crippen LogP) is 4.78. The molecule has 1 aliphatic heterocycles. The normalized spacial score (nSPS) is 20.6. The van der Waals surface area contributed by atoms with Crippen molar-refractivity contribution in [2.24, 2.45) is 0 Å². The second-order valence-electron chi connectivity index (χ2n) is 4.94. The van der Waals surface area contributed by atoms with Gasteiger partial charge in [-0.15, -0.1) is 0 Å². The van der Waals surface area contributed by atoms with E-state index in [9.17, 15) is 5.11 Å². The van der Waals surface area contributed by atoms with Gasteiger partial charge in [0.1, 0.15) is 17.6 Å². The third kappa shape index (κ3) is 2.96. The van der Waals surface area contributed by atoms with Crippen molar-refractivity contribution in [1.82, 2.24) is 0 Å². The molecule has 110 valence electrons.